The first-order valence-corrected chi connectivity index (χ1v) is 6.62. The number of hydrogen-bond acceptors (Lipinski definition) is 2. The highest BCUT2D eigenvalue weighted by Gasteiger charge is 2.27. The van der Waals surface area contributed by atoms with Gasteiger partial charge in [0.05, 0.1) is 0 Å². The van der Waals surface area contributed by atoms with Crippen LogP contribution >= 0.6 is 11.6 Å². The lowest BCUT2D eigenvalue weighted by Crippen LogP contribution is -2.49. The second-order valence-electron chi connectivity index (χ2n) is 5.22. The van der Waals surface area contributed by atoms with Crippen LogP contribution in [0.3, 0.4) is 0 Å². The van der Waals surface area contributed by atoms with Crippen LogP contribution in [-0.4, -0.2) is 38.1 Å². The Labute approximate surface area is 109 Å². The second kappa shape index (κ2) is 5.28. The zero-order valence-corrected chi connectivity index (χ0v) is 11.6. The van der Waals surface area contributed by atoms with Gasteiger partial charge in [-0.05, 0) is 50.7 Å². The van der Waals surface area contributed by atoms with E-state index < -0.39 is 0 Å². The standard InChI is InChI=1S/C14H21ClN2/c1-11-8-9-17(10-14(11)16(2)3)13-6-4-12(15)5-7-13/h4-7,11,14H,8-10H2,1-3H3/t11-,14+/m0/s1. The number of halogens is 1. The molecule has 1 aromatic rings. The third-order valence-corrected chi connectivity index (χ3v) is 4.03. The molecule has 0 unspecified atom stereocenters. The van der Waals surface area contributed by atoms with E-state index in [2.05, 4.69) is 43.0 Å². The van der Waals surface area contributed by atoms with Gasteiger partial charge >= 0.3 is 0 Å². The molecule has 0 saturated carbocycles. The van der Waals surface area contributed by atoms with Crippen LogP contribution in [0, 0.1) is 5.92 Å². The summed E-state index contributed by atoms with van der Waals surface area (Å²) < 4.78 is 0. The first-order chi connectivity index (χ1) is 8.08. The molecule has 1 fully saturated rings. The topological polar surface area (TPSA) is 6.48 Å². The van der Waals surface area contributed by atoms with Gasteiger partial charge in [-0.2, -0.15) is 0 Å². The minimum atomic E-state index is 0.638. The molecule has 1 saturated heterocycles. The van der Waals surface area contributed by atoms with Crippen molar-refractivity contribution in [2.24, 2.45) is 5.92 Å². The first kappa shape index (κ1) is 12.7. The Hall–Kier alpha value is -0.730. The molecule has 2 rings (SSSR count). The second-order valence-corrected chi connectivity index (χ2v) is 5.66. The van der Waals surface area contributed by atoms with Crippen molar-refractivity contribution in [1.29, 1.82) is 0 Å². The zero-order valence-electron chi connectivity index (χ0n) is 10.9. The van der Waals surface area contributed by atoms with Gasteiger partial charge in [-0.1, -0.05) is 18.5 Å². The van der Waals surface area contributed by atoms with Crippen LogP contribution in [0.25, 0.3) is 0 Å². The van der Waals surface area contributed by atoms with Crippen LogP contribution in [0.2, 0.25) is 5.02 Å². The van der Waals surface area contributed by atoms with Crippen LogP contribution in [0.4, 0.5) is 5.69 Å². The minimum Gasteiger partial charge on any atom is -0.370 e. The summed E-state index contributed by atoms with van der Waals surface area (Å²) in [4.78, 5) is 4.80. The van der Waals surface area contributed by atoms with Gasteiger partial charge in [0.15, 0.2) is 0 Å². The van der Waals surface area contributed by atoms with Gasteiger partial charge in [-0.25, -0.2) is 0 Å². The smallest absolute Gasteiger partial charge is 0.0407 e. The van der Waals surface area contributed by atoms with E-state index in [0.717, 1.165) is 24.0 Å². The van der Waals surface area contributed by atoms with Gasteiger partial charge in [-0.3, -0.25) is 0 Å². The maximum atomic E-state index is 5.93. The lowest BCUT2D eigenvalue weighted by molar-refractivity contribution is 0.195. The molecule has 1 heterocycles. The van der Waals surface area contributed by atoms with Crippen LogP contribution in [0.5, 0.6) is 0 Å². The van der Waals surface area contributed by atoms with Gasteiger partial charge in [-0.15, -0.1) is 0 Å². The van der Waals surface area contributed by atoms with Gasteiger partial charge in [0.25, 0.3) is 0 Å². The molecule has 0 aromatic heterocycles. The number of benzene rings is 1. The van der Waals surface area contributed by atoms with Gasteiger partial charge < -0.3 is 9.80 Å². The van der Waals surface area contributed by atoms with Crippen molar-refractivity contribution in [3.8, 4) is 0 Å². The molecule has 1 aliphatic rings. The van der Waals surface area contributed by atoms with Crippen molar-refractivity contribution in [3.63, 3.8) is 0 Å². The average Bonchev–Trinajstić information content (AvgIpc) is 2.30. The van der Waals surface area contributed by atoms with E-state index in [9.17, 15) is 0 Å². The molecule has 0 amide bonds. The molecule has 0 aliphatic carbocycles. The Bertz CT molecular complexity index is 361. The number of nitrogens with zero attached hydrogens (tertiary/aromatic N) is 2. The molecule has 17 heavy (non-hydrogen) atoms. The highest BCUT2D eigenvalue weighted by atomic mass is 35.5. The van der Waals surface area contributed by atoms with E-state index in [1.165, 1.54) is 12.1 Å². The average molecular weight is 253 g/mol. The molecule has 0 bridgehead atoms. The Kier molecular flexibility index (Phi) is 3.95. The summed E-state index contributed by atoms with van der Waals surface area (Å²) in [7, 11) is 4.35. The molecule has 0 N–H and O–H groups in total. The van der Waals surface area contributed by atoms with Crippen LogP contribution in [0.1, 0.15) is 13.3 Å². The predicted octanol–water partition coefficient (Wildman–Crippen LogP) is 3.12. The monoisotopic (exact) mass is 252 g/mol. The van der Waals surface area contributed by atoms with E-state index in [-0.39, 0.29) is 0 Å². The highest BCUT2D eigenvalue weighted by molar-refractivity contribution is 6.30. The molecule has 0 radical (unpaired) electrons. The Morgan fingerprint density at radius 2 is 1.88 bits per heavy atom. The SMILES string of the molecule is C[C@H]1CCN(c2ccc(Cl)cc2)C[C@H]1N(C)C. The molecule has 1 aliphatic heterocycles. The molecular weight excluding hydrogens is 232 g/mol. The molecule has 0 spiro atoms. The summed E-state index contributed by atoms with van der Waals surface area (Å²) in [6.07, 6.45) is 1.26. The van der Waals surface area contributed by atoms with Crippen molar-refractivity contribution in [1.82, 2.24) is 4.90 Å². The van der Waals surface area contributed by atoms with E-state index in [1.807, 2.05) is 12.1 Å². The summed E-state index contributed by atoms with van der Waals surface area (Å²) in [5.74, 6) is 0.772. The van der Waals surface area contributed by atoms with E-state index in [0.29, 0.717) is 6.04 Å². The maximum Gasteiger partial charge on any atom is 0.0407 e. The molecule has 2 atom stereocenters. The lowest BCUT2D eigenvalue weighted by atomic mass is 9.92. The van der Waals surface area contributed by atoms with Crippen molar-refractivity contribution in [2.75, 3.05) is 32.1 Å². The number of piperidine rings is 1. The molecule has 2 nitrogen and oxygen atoms in total. The van der Waals surface area contributed by atoms with Crippen LogP contribution in [-0.2, 0) is 0 Å². The number of hydrogen-bond donors (Lipinski definition) is 0. The summed E-state index contributed by atoms with van der Waals surface area (Å²) in [6, 6.07) is 8.81. The Balaban J connectivity index is 2.10. The van der Waals surface area contributed by atoms with Gasteiger partial charge in [0.1, 0.15) is 0 Å². The fraction of sp³-hybridized carbons (Fsp3) is 0.571. The first-order valence-electron chi connectivity index (χ1n) is 6.25. The van der Waals surface area contributed by atoms with Crippen molar-refractivity contribution < 1.29 is 0 Å². The quantitative estimate of drug-likeness (QED) is 0.798. The fourth-order valence-corrected chi connectivity index (χ4v) is 2.73. The Morgan fingerprint density at radius 3 is 2.47 bits per heavy atom. The van der Waals surface area contributed by atoms with Gasteiger partial charge in [0, 0.05) is 29.8 Å². The maximum absolute atomic E-state index is 5.93. The fourth-order valence-electron chi connectivity index (χ4n) is 2.61. The van der Waals surface area contributed by atoms with Crippen LogP contribution < -0.4 is 4.90 Å². The van der Waals surface area contributed by atoms with Crippen LogP contribution in [0.15, 0.2) is 24.3 Å². The zero-order chi connectivity index (χ0) is 12.4. The number of rotatable bonds is 2. The van der Waals surface area contributed by atoms with E-state index in [4.69, 9.17) is 11.6 Å². The largest absolute Gasteiger partial charge is 0.370 e. The van der Waals surface area contributed by atoms with E-state index in [1.54, 1.807) is 0 Å². The molecule has 3 heteroatoms. The summed E-state index contributed by atoms with van der Waals surface area (Å²) >= 11 is 5.93. The normalized spacial score (nSPS) is 25.4. The summed E-state index contributed by atoms with van der Waals surface area (Å²) in [6.45, 7) is 4.60. The summed E-state index contributed by atoms with van der Waals surface area (Å²) in [5, 5.41) is 0.809. The van der Waals surface area contributed by atoms with Crippen molar-refractivity contribution in [3.05, 3.63) is 29.3 Å². The van der Waals surface area contributed by atoms with Gasteiger partial charge in [0.2, 0.25) is 0 Å². The van der Waals surface area contributed by atoms with Crippen molar-refractivity contribution >= 4 is 17.3 Å². The predicted molar refractivity (Wildman–Crippen MR) is 74.9 cm³/mol. The molecule has 1 aromatic carbocycles. The minimum absolute atomic E-state index is 0.638. The number of likely N-dealkylation sites (N-methyl/N-ethyl adjacent to an activating group) is 1. The lowest BCUT2D eigenvalue weighted by Gasteiger charge is -2.41. The highest BCUT2D eigenvalue weighted by Crippen LogP contribution is 2.26. The molecular formula is C14H21ClN2. The Morgan fingerprint density at radius 1 is 1.24 bits per heavy atom. The third-order valence-electron chi connectivity index (χ3n) is 3.77. The molecule has 94 valence electrons. The third kappa shape index (κ3) is 2.93. The summed E-state index contributed by atoms with van der Waals surface area (Å²) in [5.41, 5.74) is 1.29. The number of anilines is 1. The van der Waals surface area contributed by atoms with E-state index >= 15 is 0 Å². The van der Waals surface area contributed by atoms with Crippen molar-refractivity contribution in [2.45, 2.75) is 19.4 Å².